The molecule has 1 unspecified atom stereocenters. The summed E-state index contributed by atoms with van der Waals surface area (Å²) in [6.07, 6.45) is 3.45. The smallest absolute Gasteiger partial charge is 0.312 e. The topological polar surface area (TPSA) is 85.8 Å². The van der Waals surface area contributed by atoms with Crippen molar-refractivity contribution < 1.29 is 14.4 Å². The SMILES string of the molecule is CCN1CCN(CC(=O)N2CCNCC2c2cccnc2)C(=O)C1=O. The van der Waals surface area contributed by atoms with Crippen molar-refractivity contribution >= 4 is 17.7 Å². The van der Waals surface area contributed by atoms with Crippen LogP contribution in [0.3, 0.4) is 0 Å². The Labute approximate surface area is 146 Å². The molecule has 1 atom stereocenters. The summed E-state index contributed by atoms with van der Waals surface area (Å²) in [7, 11) is 0. The third-order valence-corrected chi connectivity index (χ3v) is 4.74. The molecule has 0 saturated carbocycles. The second-order valence-electron chi connectivity index (χ2n) is 6.20. The number of nitrogens with zero attached hydrogens (tertiary/aromatic N) is 4. The van der Waals surface area contributed by atoms with Gasteiger partial charge in [-0.1, -0.05) is 6.07 Å². The van der Waals surface area contributed by atoms with E-state index < -0.39 is 11.8 Å². The molecule has 1 N–H and O–H groups in total. The average molecular weight is 345 g/mol. The third kappa shape index (κ3) is 3.63. The van der Waals surface area contributed by atoms with Crippen LogP contribution in [0, 0.1) is 0 Å². The molecule has 0 bridgehead atoms. The van der Waals surface area contributed by atoms with Crippen molar-refractivity contribution in [3.05, 3.63) is 30.1 Å². The number of amides is 3. The van der Waals surface area contributed by atoms with Gasteiger partial charge in [0.25, 0.3) is 0 Å². The minimum Gasteiger partial charge on any atom is -0.333 e. The summed E-state index contributed by atoms with van der Waals surface area (Å²) in [5, 5.41) is 3.29. The maximum Gasteiger partial charge on any atom is 0.312 e. The minimum atomic E-state index is -0.588. The fourth-order valence-electron chi connectivity index (χ4n) is 3.30. The Kier molecular flexibility index (Phi) is 5.28. The number of hydrogen-bond acceptors (Lipinski definition) is 5. The van der Waals surface area contributed by atoms with Crippen LogP contribution in [0.5, 0.6) is 0 Å². The first-order chi connectivity index (χ1) is 12.1. The molecule has 2 fully saturated rings. The van der Waals surface area contributed by atoms with Gasteiger partial charge in [0.05, 0.1) is 6.04 Å². The zero-order valence-electron chi connectivity index (χ0n) is 14.4. The number of piperazine rings is 2. The van der Waals surface area contributed by atoms with Gasteiger partial charge >= 0.3 is 11.8 Å². The third-order valence-electron chi connectivity index (χ3n) is 4.74. The van der Waals surface area contributed by atoms with Gasteiger partial charge in [-0.05, 0) is 18.6 Å². The number of pyridine rings is 1. The highest BCUT2D eigenvalue weighted by molar-refractivity contribution is 6.35. The van der Waals surface area contributed by atoms with Gasteiger partial charge in [-0.2, -0.15) is 0 Å². The fraction of sp³-hybridized carbons (Fsp3) is 0.529. The molecule has 134 valence electrons. The number of likely N-dealkylation sites (N-methyl/N-ethyl adjacent to an activating group) is 1. The molecule has 3 heterocycles. The predicted molar refractivity (Wildman–Crippen MR) is 90.4 cm³/mol. The number of carbonyl (C=O) groups excluding carboxylic acids is 3. The molecule has 8 nitrogen and oxygen atoms in total. The van der Waals surface area contributed by atoms with E-state index in [9.17, 15) is 14.4 Å². The normalized spacial score (nSPS) is 21.6. The molecule has 0 spiro atoms. The standard InChI is InChI=1S/C17H23N5O3/c1-2-20-8-9-21(17(25)16(20)24)12-15(23)22-7-6-19-11-14(22)13-4-3-5-18-10-13/h3-5,10,14,19H,2,6-9,11-12H2,1H3. The lowest BCUT2D eigenvalue weighted by atomic mass is 10.1. The second-order valence-corrected chi connectivity index (χ2v) is 6.20. The van der Waals surface area contributed by atoms with Gasteiger partial charge < -0.3 is 20.0 Å². The Morgan fingerprint density at radius 3 is 2.72 bits per heavy atom. The highest BCUT2D eigenvalue weighted by Crippen LogP contribution is 2.22. The molecule has 2 aliphatic heterocycles. The van der Waals surface area contributed by atoms with Crippen molar-refractivity contribution in [2.24, 2.45) is 0 Å². The van der Waals surface area contributed by atoms with E-state index in [0.29, 0.717) is 39.3 Å². The van der Waals surface area contributed by atoms with Crippen molar-refractivity contribution in [1.82, 2.24) is 25.0 Å². The van der Waals surface area contributed by atoms with Gasteiger partial charge in [-0.3, -0.25) is 19.4 Å². The van der Waals surface area contributed by atoms with Crippen LogP contribution in [-0.4, -0.2) is 83.2 Å². The zero-order chi connectivity index (χ0) is 17.8. The summed E-state index contributed by atoms with van der Waals surface area (Å²) >= 11 is 0. The maximum absolute atomic E-state index is 12.8. The van der Waals surface area contributed by atoms with E-state index >= 15 is 0 Å². The quantitative estimate of drug-likeness (QED) is 0.726. The Morgan fingerprint density at radius 2 is 2.00 bits per heavy atom. The van der Waals surface area contributed by atoms with Crippen molar-refractivity contribution in [3.8, 4) is 0 Å². The monoisotopic (exact) mass is 345 g/mol. The van der Waals surface area contributed by atoms with E-state index in [1.165, 1.54) is 9.80 Å². The summed E-state index contributed by atoms with van der Waals surface area (Å²) in [4.78, 5) is 45.8. The van der Waals surface area contributed by atoms with Gasteiger partial charge in [-0.25, -0.2) is 0 Å². The van der Waals surface area contributed by atoms with Gasteiger partial charge in [-0.15, -0.1) is 0 Å². The Balaban J connectivity index is 1.69. The summed E-state index contributed by atoms with van der Waals surface area (Å²) in [5.41, 5.74) is 0.959. The van der Waals surface area contributed by atoms with Crippen LogP contribution in [-0.2, 0) is 14.4 Å². The predicted octanol–water partition coefficient (Wildman–Crippen LogP) is -0.755. The zero-order valence-corrected chi connectivity index (χ0v) is 14.4. The molecule has 0 radical (unpaired) electrons. The van der Waals surface area contributed by atoms with Crippen LogP contribution in [0.25, 0.3) is 0 Å². The average Bonchev–Trinajstić information content (AvgIpc) is 2.66. The molecule has 1 aromatic rings. The number of aromatic nitrogens is 1. The van der Waals surface area contributed by atoms with Crippen molar-refractivity contribution in [2.45, 2.75) is 13.0 Å². The highest BCUT2D eigenvalue weighted by atomic mass is 16.2. The number of carbonyl (C=O) groups is 3. The van der Waals surface area contributed by atoms with Crippen LogP contribution < -0.4 is 5.32 Å². The van der Waals surface area contributed by atoms with Crippen LogP contribution in [0.4, 0.5) is 0 Å². The summed E-state index contributed by atoms with van der Waals surface area (Å²) in [6, 6.07) is 3.68. The Hall–Kier alpha value is -2.48. The first kappa shape index (κ1) is 17.3. The highest BCUT2D eigenvalue weighted by Gasteiger charge is 2.35. The Morgan fingerprint density at radius 1 is 1.24 bits per heavy atom. The lowest BCUT2D eigenvalue weighted by molar-refractivity contribution is -0.158. The van der Waals surface area contributed by atoms with Gasteiger partial charge in [0.15, 0.2) is 0 Å². The molecule has 0 aromatic carbocycles. The largest absolute Gasteiger partial charge is 0.333 e. The van der Waals surface area contributed by atoms with E-state index in [4.69, 9.17) is 0 Å². The molecule has 1 aromatic heterocycles. The van der Waals surface area contributed by atoms with Crippen molar-refractivity contribution in [2.75, 3.05) is 45.8 Å². The van der Waals surface area contributed by atoms with E-state index in [1.807, 2.05) is 19.1 Å². The Bertz CT molecular complexity index is 651. The molecule has 2 saturated heterocycles. The van der Waals surface area contributed by atoms with Gasteiger partial charge in [0.1, 0.15) is 6.54 Å². The molecule has 25 heavy (non-hydrogen) atoms. The molecule has 2 aliphatic rings. The first-order valence-corrected chi connectivity index (χ1v) is 8.60. The van der Waals surface area contributed by atoms with Gasteiger partial charge in [0.2, 0.25) is 5.91 Å². The fourth-order valence-corrected chi connectivity index (χ4v) is 3.30. The molecule has 0 aliphatic carbocycles. The van der Waals surface area contributed by atoms with E-state index in [2.05, 4.69) is 10.3 Å². The van der Waals surface area contributed by atoms with Crippen LogP contribution >= 0.6 is 0 Å². The van der Waals surface area contributed by atoms with E-state index in [0.717, 1.165) is 5.56 Å². The van der Waals surface area contributed by atoms with Crippen LogP contribution in [0.15, 0.2) is 24.5 Å². The molecule has 8 heteroatoms. The lowest BCUT2D eigenvalue weighted by Gasteiger charge is -2.39. The second kappa shape index (κ2) is 7.60. The number of hydrogen-bond donors (Lipinski definition) is 1. The van der Waals surface area contributed by atoms with Crippen molar-refractivity contribution in [1.29, 1.82) is 0 Å². The van der Waals surface area contributed by atoms with Crippen LogP contribution in [0.1, 0.15) is 18.5 Å². The first-order valence-electron chi connectivity index (χ1n) is 8.60. The molecule has 3 amide bonds. The minimum absolute atomic E-state index is 0.0567. The summed E-state index contributed by atoms with van der Waals surface area (Å²) < 4.78 is 0. The van der Waals surface area contributed by atoms with Crippen LogP contribution in [0.2, 0.25) is 0 Å². The maximum atomic E-state index is 12.8. The molecule has 3 rings (SSSR count). The number of nitrogens with one attached hydrogen (secondary N) is 1. The molecular weight excluding hydrogens is 322 g/mol. The lowest BCUT2D eigenvalue weighted by Crippen LogP contribution is -2.58. The summed E-state index contributed by atoms with van der Waals surface area (Å²) in [5.74, 6) is -1.25. The van der Waals surface area contributed by atoms with Gasteiger partial charge in [0, 0.05) is 51.7 Å². The van der Waals surface area contributed by atoms with Crippen molar-refractivity contribution in [3.63, 3.8) is 0 Å². The molecular formula is C17H23N5O3. The number of rotatable bonds is 4. The summed E-state index contributed by atoms with van der Waals surface area (Å²) in [6.45, 7) is 5.08. The van der Waals surface area contributed by atoms with E-state index in [1.54, 1.807) is 17.3 Å². The van der Waals surface area contributed by atoms with E-state index in [-0.39, 0.29) is 18.5 Å².